The Hall–Kier alpha value is -4.41. The largest absolute Gasteiger partial charge is 0.459 e. The highest BCUT2D eigenvalue weighted by atomic mass is 32.2. The van der Waals surface area contributed by atoms with Crippen molar-refractivity contribution in [2.45, 2.75) is 42.7 Å². The maximum Gasteiger partial charge on any atom is 0.330 e. The van der Waals surface area contributed by atoms with Gasteiger partial charge in [-0.1, -0.05) is 5.21 Å². The number of fused-ring (bicyclic) bond motifs is 1. The smallest absolute Gasteiger partial charge is 0.330 e. The number of hydrogen-bond acceptors (Lipinski definition) is 11. The summed E-state index contributed by atoms with van der Waals surface area (Å²) in [7, 11) is -4.23. The second-order valence-electron chi connectivity index (χ2n) is 8.42. The Balaban J connectivity index is 1.67. The Kier molecular flexibility index (Phi) is 5.74. The first-order chi connectivity index (χ1) is 16.8. The lowest BCUT2D eigenvalue weighted by Crippen LogP contribution is -2.58. The number of β-lactam (4-membered cyclic amide) rings is 1. The number of ether oxygens (including phenoxy) is 1. The fourth-order valence-corrected chi connectivity index (χ4v) is 6.69. The molecule has 0 saturated carbocycles. The van der Waals surface area contributed by atoms with E-state index < -0.39 is 72.5 Å². The summed E-state index contributed by atoms with van der Waals surface area (Å²) in [6.45, 7) is 0.144. The van der Waals surface area contributed by atoms with Gasteiger partial charge in [-0.15, -0.1) is 5.10 Å². The van der Waals surface area contributed by atoms with Crippen LogP contribution in [-0.4, -0.2) is 73.1 Å². The monoisotopic (exact) mass is 521 g/mol. The molecule has 36 heavy (non-hydrogen) atoms. The molecular formula is C19H19N7O9S. The van der Waals surface area contributed by atoms with Crippen molar-refractivity contribution in [1.82, 2.24) is 19.9 Å². The summed E-state index contributed by atoms with van der Waals surface area (Å²) in [5.74, 6) is -3.96. The molecule has 3 heterocycles. The first-order valence-corrected chi connectivity index (χ1v) is 11.8. The second-order valence-corrected chi connectivity index (χ2v) is 11.0. The van der Waals surface area contributed by atoms with E-state index in [9.17, 15) is 37.7 Å². The van der Waals surface area contributed by atoms with Crippen LogP contribution in [0, 0.1) is 10.1 Å². The Morgan fingerprint density at radius 2 is 1.86 bits per heavy atom. The van der Waals surface area contributed by atoms with E-state index in [4.69, 9.17) is 16.2 Å². The summed E-state index contributed by atoms with van der Waals surface area (Å²) in [5, 5.41) is 16.6. The second kappa shape index (κ2) is 8.36. The molecule has 2 fully saturated rings. The van der Waals surface area contributed by atoms with Gasteiger partial charge in [0.25, 0.3) is 17.5 Å². The topological polar surface area (TPSA) is 241 Å². The normalized spacial score (nSPS) is 24.0. The van der Waals surface area contributed by atoms with Crippen LogP contribution in [0.5, 0.6) is 0 Å². The number of carbonyl (C=O) groups is 4. The number of rotatable bonds is 8. The highest BCUT2D eigenvalue weighted by Gasteiger charge is 2.70. The quantitative estimate of drug-likeness (QED) is 0.171. The van der Waals surface area contributed by atoms with Crippen LogP contribution in [0.4, 0.5) is 5.69 Å². The third kappa shape index (κ3) is 3.63. The van der Waals surface area contributed by atoms with E-state index in [1.807, 2.05) is 0 Å². The number of sulfone groups is 1. The van der Waals surface area contributed by atoms with Crippen molar-refractivity contribution in [1.29, 1.82) is 0 Å². The number of amides is 3. The molecule has 2 saturated heterocycles. The highest BCUT2D eigenvalue weighted by Crippen LogP contribution is 2.47. The molecule has 17 heteroatoms. The molecule has 2 aliphatic rings. The van der Waals surface area contributed by atoms with Crippen molar-refractivity contribution in [3.05, 3.63) is 51.3 Å². The van der Waals surface area contributed by atoms with Crippen LogP contribution in [0.3, 0.4) is 0 Å². The first kappa shape index (κ1) is 24.7. The van der Waals surface area contributed by atoms with Crippen molar-refractivity contribution >= 4 is 39.2 Å². The molecule has 3 amide bonds. The van der Waals surface area contributed by atoms with E-state index in [1.54, 1.807) is 0 Å². The minimum absolute atomic E-state index is 0.179. The zero-order valence-electron chi connectivity index (χ0n) is 18.6. The number of aromatic nitrogens is 3. The Labute approximate surface area is 202 Å². The number of carbonyl (C=O) groups excluding carboxylic acids is 4. The van der Waals surface area contributed by atoms with Crippen LogP contribution in [0.25, 0.3) is 0 Å². The third-order valence-corrected chi connectivity index (χ3v) is 8.99. The molecule has 3 atom stereocenters. The number of hydrogen-bond donors (Lipinski definition) is 2. The average Bonchev–Trinajstić information content (AvgIpc) is 3.27. The molecule has 1 aromatic heterocycles. The summed E-state index contributed by atoms with van der Waals surface area (Å²) in [6.07, 6.45) is -0.351. The summed E-state index contributed by atoms with van der Waals surface area (Å²) in [5.41, 5.74) is 9.55. The lowest BCUT2D eigenvalue weighted by atomic mass is 9.96. The van der Waals surface area contributed by atoms with Crippen molar-refractivity contribution in [2.24, 2.45) is 11.5 Å². The van der Waals surface area contributed by atoms with E-state index in [0.29, 0.717) is 5.56 Å². The Morgan fingerprint density at radius 1 is 1.22 bits per heavy atom. The predicted octanol–water partition coefficient (Wildman–Crippen LogP) is -1.76. The van der Waals surface area contributed by atoms with E-state index in [-0.39, 0.29) is 18.7 Å². The van der Waals surface area contributed by atoms with Gasteiger partial charge in [0.2, 0.25) is 5.91 Å². The van der Waals surface area contributed by atoms with Gasteiger partial charge in [0.1, 0.15) is 16.7 Å². The minimum Gasteiger partial charge on any atom is -0.459 e. The molecule has 0 aliphatic carbocycles. The SMILES string of the molecule is C[C@]1(Cn2nnc(C(N)=O)c2C(N)=O)[C@H](C(=O)OCc2ccc([N+](=O)[O-])cc2)N2C(=O)C[C@H]2S1(=O)=O. The zero-order chi connectivity index (χ0) is 26.6. The molecule has 0 radical (unpaired) electrons. The van der Waals surface area contributed by atoms with E-state index >= 15 is 0 Å². The number of primary amides is 2. The van der Waals surface area contributed by atoms with Crippen LogP contribution in [0.15, 0.2) is 24.3 Å². The van der Waals surface area contributed by atoms with Gasteiger partial charge in [0, 0.05) is 12.1 Å². The molecule has 0 bridgehead atoms. The lowest BCUT2D eigenvalue weighted by molar-refractivity contribution is -0.384. The Bertz CT molecular complexity index is 1420. The van der Waals surface area contributed by atoms with Gasteiger partial charge in [-0.25, -0.2) is 17.9 Å². The van der Waals surface area contributed by atoms with Gasteiger partial charge in [-0.3, -0.25) is 24.5 Å². The van der Waals surface area contributed by atoms with Gasteiger partial charge in [0.05, 0.1) is 17.9 Å². The van der Waals surface area contributed by atoms with Crippen molar-refractivity contribution in [3.63, 3.8) is 0 Å². The molecule has 190 valence electrons. The van der Waals surface area contributed by atoms with Gasteiger partial charge in [0.15, 0.2) is 27.3 Å². The van der Waals surface area contributed by atoms with E-state index in [0.717, 1.165) is 9.58 Å². The number of nitrogens with two attached hydrogens (primary N) is 2. The van der Waals surface area contributed by atoms with Gasteiger partial charge < -0.3 is 21.1 Å². The number of nitrogens with zero attached hydrogens (tertiary/aromatic N) is 5. The fraction of sp³-hybridized carbons (Fsp3) is 0.368. The molecule has 16 nitrogen and oxygen atoms in total. The van der Waals surface area contributed by atoms with Crippen molar-refractivity contribution < 1.29 is 37.3 Å². The summed E-state index contributed by atoms with van der Waals surface area (Å²) >= 11 is 0. The molecule has 2 aliphatic heterocycles. The average molecular weight is 521 g/mol. The number of esters is 1. The van der Waals surface area contributed by atoms with E-state index in [1.165, 1.54) is 31.2 Å². The molecule has 4 N–H and O–H groups in total. The minimum atomic E-state index is -4.23. The summed E-state index contributed by atoms with van der Waals surface area (Å²) < 4.78 is 30.8. The molecule has 0 spiro atoms. The number of non-ortho nitro benzene ring substituents is 1. The summed E-state index contributed by atoms with van der Waals surface area (Å²) in [4.78, 5) is 60.1. The summed E-state index contributed by atoms with van der Waals surface area (Å²) in [6, 6.07) is 3.48. The molecule has 2 aromatic rings. The van der Waals surface area contributed by atoms with Crippen molar-refractivity contribution in [3.8, 4) is 0 Å². The lowest BCUT2D eigenvalue weighted by Gasteiger charge is -2.36. The number of nitro benzene ring substituents is 1. The first-order valence-electron chi connectivity index (χ1n) is 10.3. The maximum atomic E-state index is 13.4. The highest BCUT2D eigenvalue weighted by molar-refractivity contribution is 7.93. The molecule has 4 rings (SSSR count). The van der Waals surface area contributed by atoms with Crippen LogP contribution in [-0.2, 0) is 37.3 Å². The van der Waals surface area contributed by atoms with E-state index in [2.05, 4.69) is 10.3 Å². The third-order valence-electron chi connectivity index (χ3n) is 6.23. The zero-order valence-corrected chi connectivity index (χ0v) is 19.4. The predicted molar refractivity (Wildman–Crippen MR) is 116 cm³/mol. The molecular weight excluding hydrogens is 502 g/mol. The standard InChI is InChI=1S/C19H19N7O9S/c1-19(8-24-14(17(21)29)13(16(20)28)22-23-24)15(25-11(27)6-12(25)36(19,33)34)18(30)35-7-9-2-4-10(5-3-9)26(31)32/h2-5,12,15H,6-8H2,1H3,(H2,20,28)(H2,21,29)/t12-,15+,19+/m1/s1. The van der Waals surface area contributed by atoms with Crippen LogP contribution >= 0.6 is 0 Å². The van der Waals surface area contributed by atoms with Crippen molar-refractivity contribution in [2.75, 3.05) is 0 Å². The number of benzene rings is 1. The maximum absolute atomic E-state index is 13.4. The fourth-order valence-electron chi connectivity index (χ4n) is 4.35. The van der Waals surface area contributed by atoms with Crippen LogP contribution in [0.2, 0.25) is 0 Å². The number of nitro groups is 1. The van der Waals surface area contributed by atoms with Gasteiger partial charge in [-0.2, -0.15) is 0 Å². The van der Waals surface area contributed by atoms with Gasteiger partial charge >= 0.3 is 5.97 Å². The molecule has 0 unspecified atom stereocenters. The Morgan fingerprint density at radius 3 is 2.39 bits per heavy atom. The van der Waals surface area contributed by atoms with Crippen LogP contribution in [0.1, 0.15) is 39.9 Å². The van der Waals surface area contributed by atoms with Crippen LogP contribution < -0.4 is 11.5 Å². The molecule has 1 aromatic carbocycles. The van der Waals surface area contributed by atoms with Gasteiger partial charge in [-0.05, 0) is 24.6 Å².